The number of halogens is 2. The Morgan fingerprint density at radius 1 is 0.732 bits per heavy atom. The number of hydrogen-bond acceptors (Lipinski definition) is 8. The molecule has 204 valence electrons. The first-order chi connectivity index (χ1) is 20.1. The van der Waals surface area contributed by atoms with Gasteiger partial charge in [-0.2, -0.15) is 15.0 Å². The molecule has 0 spiro atoms. The first-order valence-electron chi connectivity index (χ1n) is 13.1. The van der Waals surface area contributed by atoms with E-state index >= 15 is 0 Å². The third-order valence-corrected chi connectivity index (χ3v) is 6.80. The van der Waals surface area contributed by atoms with Crippen molar-refractivity contribution in [2.24, 2.45) is 0 Å². The molecule has 41 heavy (non-hydrogen) atoms. The smallest absolute Gasteiger partial charge is 0.328 e. The van der Waals surface area contributed by atoms with Crippen LogP contribution in [0.1, 0.15) is 12.2 Å². The number of alkyl halides is 2. The van der Waals surface area contributed by atoms with E-state index in [1.807, 2.05) is 59.5 Å². The van der Waals surface area contributed by atoms with E-state index in [4.69, 9.17) is 14.5 Å². The molecule has 0 saturated carbocycles. The summed E-state index contributed by atoms with van der Waals surface area (Å²) in [6.07, 6.45) is -2.85. The Hall–Kier alpha value is -5.03. The molecule has 1 aliphatic heterocycles. The molecule has 6 aromatic rings. The van der Waals surface area contributed by atoms with E-state index < -0.39 is 12.2 Å². The molecule has 11 heteroatoms. The number of rotatable bonds is 6. The first-order valence-corrected chi connectivity index (χ1v) is 13.1. The minimum atomic E-state index is -2.85. The van der Waals surface area contributed by atoms with Crippen molar-refractivity contribution in [3.8, 4) is 29.0 Å². The normalized spacial score (nSPS) is 13.8. The minimum absolute atomic E-state index is 0.00663. The lowest BCUT2D eigenvalue weighted by Crippen LogP contribution is -2.37. The average molecular weight is 552 g/mol. The lowest BCUT2D eigenvalue weighted by molar-refractivity contribution is 0.122. The minimum Gasteiger partial charge on any atom is -0.424 e. The van der Waals surface area contributed by atoms with Crippen LogP contribution in [0.3, 0.4) is 0 Å². The van der Waals surface area contributed by atoms with Crippen molar-refractivity contribution in [2.45, 2.75) is 6.43 Å². The largest absolute Gasteiger partial charge is 0.424 e. The van der Waals surface area contributed by atoms with Crippen LogP contribution in [-0.2, 0) is 4.74 Å². The quantitative estimate of drug-likeness (QED) is 0.249. The van der Waals surface area contributed by atoms with Crippen molar-refractivity contribution < 1.29 is 18.3 Å². The number of pyridine rings is 1. The summed E-state index contributed by atoms with van der Waals surface area (Å²) >= 11 is 0. The third-order valence-electron chi connectivity index (χ3n) is 6.80. The Morgan fingerprint density at radius 3 is 2.37 bits per heavy atom. The Labute approximate surface area is 233 Å². The van der Waals surface area contributed by atoms with Crippen molar-refractivity contribution in [2.75, 3.05) is 31.2 Å². The Bertz CT molecular complexity index is 1870. The van der Waals surface area contributed by atoms with Crippen LogP contribution in [0.25, 0.3) is 39.1 Å². The standard InChI is InChI=1S/C30H23F2N7O2/c31-26(32)27-34-24-10-3-4-11-25(24)39(27)29-35-28(38-14-16-40-17-15-38)36-30(37-29)41-21-8-5-7-20(18-21)23-13-12-19-6-1-2-9-22(19)33-23/h1-13,18,26H,14-17H2. The van der Waals surface area contributed by atoms with Gasteiger partial charge in [-0.05, 0) is 36.4 Å². The van der Waals surface area contributed by atoms with E-state index in [9.17, 15) is 8.78 Å². The van der Waals surface area contributed by atoms with E-state index in [0.717, 1.165) is 22.2 Å². The molecule has 1 aliphatic rings. The van der Waals surface area contributed by atoms with Crippen LogP contribution in [0.5, 0.6) is 11.8 Å². The van der Waals surface area contributed by atoms with Gasteiger partial charge in [-0.15, -0.1) is 0 Å². The summed E-state index contributed by atoms with van der Waals surface area (Å²) in [6, 6.07) is 26.1. The zero-order valence-corrected chi connectivity index (χ0v) is 21.7. The van der Waals surface area contributed by atoms with Gasteiger partial charge in [0.05, 0.1) is 35.5 Å². The molecular formula is C30H23F2N7O2. The maximum atomic E-state index is 14.1. The van der Waals surface area contributed by atoms with Gasteiger partial charge in [0.2, 0.25) is 11.9 Å². The molecule has 0 radical (unpaired) electrons. The molecule has 7 rings (SSSR count). The molecule has 0 aliphatic carbocycles. The zero-order chi connectivity index (χ0) is 27.8. The van der Waals surface area contributed by atoms with E-state index in [1.54, 1.807) is 30.3 Å². The van der Waals surface area contributed by atoms with Crippen LogP contribution in [0, 0.1) is 0 Å². The summed E-state index contributed by atoms with van der Waals surface area (Å²) in [5.41, 5.74) is 3.38. The number of nitrogens with zero attached hydrogens (tertiary/aromatic N) is 7. The molecule has 9 nitrogen and oxygen atoms in total. The highest BCUT2D eigenvalue weighted by Gasteiger charge is 2.25. The lowest BCUT2D eigenvalue weighted by atomic mass is 10.1. The van der Waals surface area contributed by atoms with Gasteiger partial charge in [0.1, 0.15) is 5.75 Å². The van der Waals surface area contributed by atoms with Crippen LogP contribution >= 0.6 is 0 Å². The van der Waals surface area contributed by atoms with Gasteiger partial charge >= 0.3 is 6.01 Å². The number of morpholine rings is 1. The number of imidazole rings is 1. The van der Waals surface area contributed by atoms with E-state index in [2.05, 4.69) is 19.9 Å². The zero-order valence-electron chi connectivity index (χ0n) is 21.7. The summed E-state index contributed by atoms with van der Waals surface area (Å²) in [7, 11) is 0. The van der Waals surface area contributed by atoms with E-state index in [1.165, 1.54) is 4.57 Å². The summed E-state index contributed by atoms with van der Waals surface area (Å²) < 4.78 is 41.2. The topological polar surface area (TPSA) is 91.1 Å². The number of hydrogen-bond donors (Lipinski definition) is 0. The molecule has 3 aromatic carbocycles. The van der Waals surface area contributed by atoms with Crippen molar-refractivity contribution in [3.63, 3.8) is 0 Å². The number of anilines is 1. The molecule has 1 saturated heterocycles. The Balaban J connectivity index is 1.30. The van der Waals surface area contributed by atoms with Crippen molar-refractivity contribution in [1.29, 1.82) is 0 Å². The second kappa shape index (κ2) is 10.5. The Kier molecular flexibility index (Phi) is 6.40. The summed E-state index contributed by atoms with van der Waals surface area (Å²) in [4.78, 5) is 24.4. The maximum absolute atomic E-state index is 14.1. The van der Waals surface area contributed by atoms with Gasteiger partial charge in [-0.3, -0.25) is 4.57 Å². The van der Waals surface area contributed by atoms with E-state index in [-0.39, 0.29) is 12.0 Å². The van der Waals surface area contributed by atoms with Gasteiger partial charge in [0.25, 0.3) is 6.43 Å². The number of fused-ring (bicyclic) bond motifs is 2. The molecule has 4 heterocycles. The van der Waals surface area contributed by atoms with Crippen LogP contribution in [0.15, 0.2) is 84.9 Å². The van der Waals surface area contributed by atoms with Crippen molar-refractivity contribution in [3.05, 3.63) is 90.8 Å². The van der Waals surface area contributed by atoms with Crippen LogP contribution in [-0.4, -0.2) is 55.8 Å². The first kappa shape index (κ1) is 25.0. The number of ether oxygens (including phenoxy) is 2. The van der Waals surface area contributed by atoms with Gasteiger partial charge in [0, 0.05) is 24.0 Å². The van der Waals surface area contributed by atoms with E-state index in [0.29, 0.717) is 49.0 Å². The fraction of sp³-hybridized carbons (Fsp3) is 0.167. The van der Waals surface area contributed by atoms with Gasteiger partial charge in [-0.25, -0.2) is 18.7 Å². The maximum Gasteiger partial charge on any atom is 0.328 e. The second-order valence-corrected chi connectivity index (χ2v) is 9.43. The summed E-state index contributed by atoms with van der Waals surface area (Å²) in [5, 5.41) is 1.05. The van der Waals surface area contributed by atoms with Crippen LogP contribution < -0.4 is 9.64 Å². The second-order valence-electron chi connectivity index (χ2n) is 9.43. The van der Waals surface area contributed by atoms with Crippen LogP contribution in [0.2, 0.25) is 0 Å². The molecule has 1 fully saturated rings. The monoisotopic (exact) mass is 551 g/mol. The summed E-state index contributed by atoms with van der Waals surface area (Å²) in [6.45, 7) is 2.07. The van der Waals surface area contributed by atoms with Gasteiger partial charge in [0.15, 0.2) is 5.82 Å². The van der Waals surface area contributed by atoms with Crippen LogP contribution in [0.4, 0.5) is 14.7 Å². The average Bonchev–Trinajstić information content (AvgIpc) is 3.42. The fourth-order valence-corrected chi connectivity index (χ4v) is 4.84. The molecule has 3 aromatic heterocycles. The fourth-order valence-electron chi connectivity index (χ4n) is 4.84. The highest BCUT2D eigenvalue weighted by atomic mass is 19.3. The van der Waals surface area contributed by atoms with Gasteiger partial charge < -0.3 is 14.4 Å². The number of para-hydroxylation sites is 3. The molecular weight excluding hydrogens is 528 g/mol. The van der Waals surface area contributed by atoms with Gasteiger partial charge in [-0.1, -0.05) is 48.5 Å². The van der Waals surface area contributed by atoms with Crippen molar-refractivity contribution in [1.82, 2.24) is 29.5 Å². The molecule has 0 bridgehead atoms. The summed E-state index contributed by atoms with van der Waals surface area (Å²) in [5.74, 6) is 0.305. The SMILES string of the molecule is FC(F)c1nc2ccccc2n1-c1nc(Oc2cccc(-c3ccc4ccccc4n3)c2)nc(N2CCOCC2)n1. The Morgan fingerprint density at radius 2 is 1.51 bits per heavy atom. The number of aromatic nitrogens is 6. The molecule has 0 unspecified atom stereocenters. The molecule has 0 amide bonds. The molecule has 0 N–H and O–H groups in total. The third kappa shape index (κ3) is 4.91. The molecule has 0 atom stereocenters. The van der Waals surface area contributed by atoms with Crippen molar-refractivity contribution >= 4 is 27.9 Å². The lowest BCUT2D eigenvalue weighted by Gasteiger charge is -2.27. The predicted octanol–water partition coefficient (Wildman–Crippen LogP) is 5.99. The predicted molar refractivity (Wildman–Crippen MR) is 150 cm³/mol. The highest BCUT2D eigenvalue weighted by Crippen LogP contribution is 2.30. The number of benzene rings is 3. The highest BCUT2D eigenvalue weighted by molar-refractivity contribution is 5.81.